The average Bonchev–Trinajstić information content (AvgIpc) is 2.71. The molecule has 5 heteroatoms. The summed E-state index contributed by atoms with van der Waals surface area (Å²) in [7, 11) is 0. The predicted octanol–water partition coefficient (Wildman–Crippen LogP) is 3.31. The van der Waals surface area contributed by atoms with Crippen LogP contribution >= 0.6 is 34.3 Å². The van der Waals surface area contributed by atoms with Gasteiger partial charge in [-0.1, -0.05) is 0 Å². The molecular weight excluding hydrogens is 224 g/mol. The van der Waals surface area contributed by atoms with Crippen LogP contribution in [0.15, 0.2) is 11.7 Å². The first-order chi connectivity index (χ1) is 6.31. The largest absolute Gasteiger partial charge is 0.249 e. The minimum absolute atomic E-state index is 0.537. The normalized spacial score (nSPS) is 10.6. The van der Waals surface area contributed by atoms with Crippen molar-refractivity contribution in [2.45, 2.75) is 12.8 Å². The van der Waals surface area contributed by atoms with Crippen molar-refractivity contribution >= 4 is 34.3 Å². The van der Waals surface area contributed by atoms with Gasteiger partial charge >= 0.3 is 0 Å². The van der Waals surface area contributed by atoms with Crippen LogP contribution in [-0.2, 0) is 5.88 Å². The van der Waals surface area contributed by atoms with Crippen LogP contribution in [0.4, 0.5) is 0 Å². The number of halogens is 1. The van der Waals surface area contributed by atoms with Gasteiger partial charge in [0.05, 0.1) is 22.0 Å². The van der Waals surface area contributed by atoms with Crippen molar-refractivity contribution in [1.82, 2.24) is 9.97 Å². The van der Waals surface area contributed by atoms with E-state index in [9.17, 15) is 0 Å². The highest BCUT2D eigenvalue weighted by Crippen LogP contribution is 2.31. The molecule has 0 saturated carbocycles. The van der Waals surface area contributed by atoms with E-state index in [1.54, 1.807) is 22.7 Å². The fraction of sp³-hybridized carbons (Fsp3) is 0.250. The van der Waals surface area contributed by atoms with Gasteiger partial charge in [0.2, 0.25) is 0 Å². The lowest BCUT2D eigenvalue weighted by Crippen LogP contribution is -1.74. The second-order valence-corrected chi connectivity index (χ2v) is 4.77. The molecular formula is C8H7ClN2S2. The zero-order chi connectivity index (χ0) is 9.26. The van der Waals surface area contributed by atoms with E-state index in [1.807, 2.05) is 18.6 Å². The van der Waals surface area contributed by atoms with Gasteiger partial charge in [-0.2, -0.15) is 0 Å². The Bertz CT molecular complexity index is 408. The minimum Gasteiger partial charge on any atom is -0.249 e. The quantitative estimate of drug-likeness (QED) is 0.740. The molecule has 0 aromatic carbocycles. The summed E-state index contributed by atoms with van der Waals surface area (Å²) < 4.78 is 0. The summed E-state index contributed by atoms with van der Waals surface area (Å²) in [5.41, 5.74) is 2.88. The number of rotatable bonds is 2. The Morgan fingerprint density at radius 3 is 2.85 bits per heavy atom. The van der Waals surface area contributed by atoms with Gasteiger partial charge in [-0.25, -0.2) is 9.97 Å². The topological polar surface area (TPSA) is 25.8 Å². The Labute approximate surface area is 89.2 Å². The molecule has 0 bridgehead atoms. The van der Waals surface area contributed by atoms with E-state index in [2.05, 4.69) is 9.97 Å². The molecule has 68 valence electrons. The Hall–Kier alpha value is -0.450. The smallest absolute Gasteiger partial charge is 0.135 e. The van der Waals surface area contributed by atoms with Crippen LogP contribution in [0.2, 0.25) is 0 Å². The first-order valence-electron chi connectivity index (χ1n) is 3.72. The molecule has 2 aromatic rings. The van der Waals surface area contributed by atoms with Crippen molar-refractivity contribution in [3.05, 3.63) is 22.3 Å². The maximum absolute atomic E-state index is 5.70. The van der Waals surface area contributed by atoms with Crippen LogP contribution in [0.3, 0.4) is 0 Å². The molecule has 0 aliphatic heterocycles. The molecule has 2 nitrogen and oxygen atoms in total. The molecule has 13 heavy (non-hydrogen) atoms. The number of aryl methyl sites for hydroxylation is 1. The molecule has 0 atom stereocenters. The van der Waals surface area contributed by atoms with Gasteiger partial charge in [0, 0.05) is 11.1 Å². The van der Waals surface area contributed by atoms with Crippen molar-refractivity contribution in [1.29, 1.82) is 0 Å². The van der Waals surface area contributed by atoms with Crippen LogP contribution in [0.5, 0.6) is 0 Å². The molecule has 0 N–H and O–H groups in total. The van der Waals surface area contributed by atoms with Gasteiger partial charge < -0.3 is 0 Å². The number of hydrogen-bond donors (Lipinski definition) is 0. The van der Waals surface area contributed by atoms with Gasteiger partial charge in [-0.3, -0.25) is 0 Å². The third-order valence-electron chi connectivity index (χ3n) is 1.63. The Kier molecular flexibility index (Phi) is 2.62. The van der Waals surface area contributed by atoms with Gasteiger partial charge in [0.15, 0.2) is 0 Å². The van der Waals surface area contributed by atoms with Crippen LogP contribution in [0.25, 0.3) is 9.88 Å². The molecule has 0 saturated heterocycles. The molecule has 0 radical (unpaired) electrons. The van der Waals surface area contributed by atoms with Crippen LogP contribution < -0.4 is 0 Å². The van der Waals surface area contributed by atoms with Crippen molar-refractivity contribution < 1.29 is 0 Å². The van der Waals surface area contributed by atoms with Crippen LogP contribution in [-0.4, -0.2) is 9.97 Å². The van der Waals surface area contributed by atoms with Gasteiger partial charge in [-0.05, 0) is 6.92 Å². The van der Waals surface area contributed by atoms with Crippen LogP contribution in [0.1, 0.15) is 10.6 Å². The van der Waals surface area contributed by atoms with Crippen molar-refractivity contribution in [2.75, 3.05) is 0 Å². The Morgan fingerprint density at radius 1 is 1.46 bits per heavy atom. The summed E-state index contributed by atoms with van der Waals surface area (Å²) in [4.78, 5) is 10.7. The highest BCUT2D eigenvalue weighted by atomic mass is 35.5. The van der Waals surface area contributed by atoms with E-state index < -0.39 is 0 Å². The summed E-state index contributed by atoms with van der Waals surface area (Å²) in [5.74, 6) is 0.537. The first-order valence-corrected chi connectivity index (χ1v) is 5.95. The zero-order valence-corrected chi connectivity index (χ0v) is 9.34. The summed E-state index contributed by atoms with van der Waals surface area (Å²) in [6.07, 6.45) is 1.83. The van der Waals surface area contributed by atoms with Gasteiger partial charge in [0.1, 0.15) is 5.01 Å². The van der Waals surface area contributed by atoms with Crippen molar-refractivity contribution in [3.8, 4) is 9.88 Å². The lowest BCUT2D eigenvalue weighted by molar-refractivity contribution is 1.26. The lowest BCUT2D eigenvalue weighted by atomic mass is 10.4. The summed E-state index contributed by atoms with van der Waals surface area (Å²) in [6, 6.07) is 0. The standard InChI is InChI=1S/C8H7ClN2S2/c1-5-7(12-4-11-5)8-10-3-6(2-9)13-8/h3-4H,2H2,1H3. The summed E-state index contributed by atoms with van der Waals surface area (Å²) in [6.45, 7) is 1.99. The van der Waals surface area contributed by atoms with Crippen molar-refractivity contribution in [3.63, 3.8) is 0 Å². The number of thiazole rings is 2. The van der Waals surface area contributed by atoms with E-state index in [0.717, 1.165) is 20.5 Å². The van der Waals surface area contributed by atoms with Gasteiger partial charge in [-0.15, -0.1) is 34.3 Å². The Morgan fingerprint density at radius 2 is 2.31 bits per heavy atom. The highest BCUT2D eigenvalue weighted by molar-refractivity contribution is 7.21. The zero-order valence-electron chi connectivity index (χ0n) is 6.95. The molecule has 2 aromatic heterocycles. The molecule has 2 rings (SSSR count). The third kappa shape index (κ3) is 1.75. The maximum Gasteiger partial charge on any atom is 0.135 e. The summed E-state index contributed by atoms with van der Waals surface area (Å²) >= 11 is 8.95. The molecule has 0 spiro atoms. The fourth-order valence-corrected chi connectivity index (χ4v) is 2.93. The molecule has 0 fully saturated rings. The minimum atomic E-state index is 0.537. The second-order valence-electron chi connectivity index (χ2n) is 2.53. The molecule has 0 amide bonds. The van der Waals surface area contributed by atoms with Gasteiger partial charge in [0.25, 0.3) is 0 Å². The Balaban J connectivity index is 2.41. The SMILES string of the molecule is Cc1ncsc1-c1ncc(CCl)s1. The van der Waals surface area contributed by atoms with Crippen molar-refractivity contribution in [2.24, 2.45) is 0 Å². The fourth-order valence-electron chi connectivity index (χ4n) is 0.981. The van der Waals surface area contributed by atoms with E-state index >= 15 is 0 Å². The third-order valence-corrected chi connectivity index (χ3v) is 4.15. The molecule has 0 unspecified atom stereocenters. The average molecular weight is 231 g/mol. The number of alkyl halides is 1. The number of aromatic nitrogens is 2. The molecule has 0 aliphatic carbocycles. The lowest BCUT2D eigenvalue weighted by Gasteiger charge is -1.89. The summed E-state index contributed by atoms with van der Waals surface area (Å²) in [5, 5.41) is 1.02. The van der Waals surface area contributed by atoms with E-state index in [4.69, 9.17) is 11.6 Å². The number of nitrogens with zero attached hydrogens (tertiary/aromatic N) is 2. The second kappa shape index (κ2) is 3.74. The van der Waals surface area contributed by atoms with E-state index in [1.165, 1.54) is 0 Å². The number of hydrogen-bond acceptors (Lipinski definition) is 4. The van der Waals surface area contributed by atoms with Crippen LogP contribution in [0, 0.1) is 6.92 Å². The maximum atomic E-state index is 5.70. The first kappa shape index (κ1) is 9.12. The van der Waals surface area contributed by atoms with E-state index in [0.29, 0.717) is 5.88 Å². The molecule has 0 aliphatic rings. The monoisotopic (exact) mass is 230 g/mol. The highest BCUT2D eigenvalue weighted by Gasteiger charge is 2.08. The van der Waals surface area contributed by atoms with E-state index in [-0.39, 0.29) is 0 Å². The predicted molar refractivity (Wildman–Crippen MR) is 57.5 cm³/mol. The molecule has 2 heterocycles.